The molecule has 3 rings (SSSR count). The molecule has 0 aliphatic rings. The van der Waals surface area contributed by atoms with E-state index in [0.717, 1.165) is 18.7 Å². The van der Waals surface area contributed by atoms with Gasteiger partial charge in [-0.25, -0.2) is 13.8 Å². The van der Waals surface area contributed by atoms with E-state index in [1.54, 1.807) is 0 Å². The molecule has 0 aliphatic heterocycles. The number of nitrogens with zero attached hydrogens (tertiary/aromatic N) is 3. The first kappa shape index (κ1) is 25.8. The van der Waals surface area contributed by atoms with Crippen molar-refractivity contribution in [3.8, 4) is 16.9 Å². The summed E-state index contributed by atoms with van der Waals surface area (Å²) in [6.45, 7) is -1.97. The fraction of sp³-hybridized carbons (Fsp3) is 0.208. The Labute approximate surface area is 197 Å². The third kappa shape index (κ3) is 6.60. The van der Waals surface area contributed by atoms with Crippen LogP contribution in [-0.4, -0.2) is 42.1 Å². The fourth-order valence-electron chi connectivity index (χ4n) is 3.26. The molecule has 0 saturated carbocycles. The molecular weight excluding hydrogens is 471 g/mol. The summed E-state index contributed by atoms with van der Waals surface area (Å²) in [5.41, 5.74) is 3.38. The molecular formula is C24H21F5N4O2. The number of halogens is 5. The number of ether oxygens (including phenoxy) is 1. The Balaban J connectivity index is 1.83. The highest BCUT2D eigenvalue weighted by Crippen LogP contribution is 2.39. The molecule has 2 unspecified atom stereocenters. The van der Waals surface area contributed by atoms with Crippen molar-refractivity contribution in [3.63, 3.8) is 0 Å². The van der Waals surface area contributed by atoms with Crippen molar-refractivity contribution in [2.75, 3.05) is 13.2 Å². The molecule has 1 heterocycles. The summed E-state index contributed by atoms with van der Waals surface area (Å²) < 4.78 is 71.6. The maximum atomic E-state index is 15.6. The summed E-state index contributed by atoms with van der Waals surface area (Å²) in [5.74, 6) is -0.784. The molecule has 0 saturated heterocycles. The molecule has 0 bridgehead atoms. The molecule has 35 heavy (non-hydrogen) atoms. The van der Waals surface area contributed by atoms with E-state index in [2.05, 4.69) is 19.7 Å². The predicted molar refractivity (Wildman–Crippen MR) is 121 cm³/mol. The number of hydrogen-bond donors (Lipinski definition) is 2. The average molecular weight is 492 g/mol. The Morgan fingerprint density at radius 3 is 2.31 bits per heavy atom. The topological polar surface area (TPSA) is 93.1 Å². The number of aliphatic hydroxyl groups is 1. The highest BCUT2D eigenvalue weighted by Gasteiger charge is 2.42. The summed E-state index contributed by atoms with van der Waals surface area (Å²) >= 11 is 0. The number of hydrogen-bond acceptors (Lipinski definition) is 4. The third-order valence-corrected chi connectivity index (χ3v) is 4.96. The largest absolute Gasteiger partial charge is 0.484 e. The summed E-state index contributed by atoms with van der Waals surface area (Å²) in [6.07, 6.45) is -3.32. The Kier molecular flexibility index (Phi) is 8.13. The number of alkyl halides is 4. The second-order valence-electron chi connectivity index (χ2n) is 7.42. The molecule has 184 valence electrons. The highest BCUT2D eigenvalue weighted by atomic mass is 19.4. The van der Waals surface area contributed by atoms with Gasteiger partial charge in [-0.3, -0.25) is 9.98 Å². The number of aromatic nitrogens is 1. The minimum Gasteiger partial charge on any atom is -0.484 e. The molecule has 2 atom stereocenters. The summed E-state index contributed by atoms with van der Waals surface area (Å²) in [7, 11) is 0. The van der Waals surface area contributed by atoms with Crippen LogP contribution in [0.5, 0.6) is 5.75 Å². The molecule has 0 fully saturated rings. The van der Waals surface area contributed by atoms with Crippen LogP contribution < -0.4 is 10.5 Å². The van der Waals surface area contributed by atoms with Crippen molar-refractivity contribution in [1.82, 2.24) is 4.98 Å². The first-order valence-electron chi connectivity index (χ1n) is 10.2. The lowest BCUT2D eigenvalue weighted by molar-refractivity contribution is -0.153. The molecule has 0 aliphatic carbocycles. The third-order valence-electron chi connectivity index (χ3n) is 4.96. The second kappa shape index (κ2) is 11.0. The van der Waals surface area contributed by atoms with Crippen molar-refractivity contribution < 1.29 is 31.8 Å². The summed E-state index contributed by atoms with van der Waals surface area (Å²) in [4.78, 5) is 11.5. The van der Waals surface area contributed by atoms with Gasteiger partial charge in [-0.1, -0.05) is 36.4 Å². The van der Waals surface area contributed by atoms with Crippen molar-refractivity contribution >= 4 is 12.7 Å². The predicted octanol–water partition coefficient (Wildman–Crippen LogP) is 4.74. The Bertz CT molecular complexity index is 1170. The minimum absolute atomic E-state index is 0.0361. The zero-order valence-electron chi connectivity index (χ0n) is 18.2. The van der Waals surface area contributed by atoms with Gasteiger partial charge in [0.1, 0.15) is 23.5 Å². The van der Waals surface area contributed by atoms with E-state index in [0.29, 0.717) is 11.1 Å². The summed E-state index contributed by atoms with van der Waals surface area (Å²) in [6, 6.07) is 13.8. The monoisotopic (exact) mass is 492 g/mol. The van der Waals surface area contributed by atoms with Crippen LogP contribution in [0.1, 0.15) is 17.4 Å². The molecule has 11 heteroatoms. The van der Waals surface area contributed by atoms with Gasteiger partial charge < -0.3 is 15.6 Å². The molecule has 0 amide bonds. The van der Waals surface area contributed by atoms with Gasteiger partial charge >= 0.3 is 6.18 Å². The van der Waals surface area contributed by atoms with E-state index in [1.807, 2.05) is 0 Å². The molecule has 2 aromatic carbocycles. The van der Waals surface area contributed by atoms with Gasteiger partial charge in [-0.2, -0.15) is 13.2 Å². The summed E-state index contributed by atoms with van der Waals surface area (Å²) in [5, 5.41) is 11.2. The molecule has 6 nitrogen and oxygen atoms in total. The van der Waals surface area contributed by atoms with Gasteiger partial charge in [0.2, 0.25) is 0 Å². The van der Waals surface area contributed by atoms with Crippen LogP contribution in [0.15, 0.2) is 76.8 Å². The SMILES string of the molecule is NC=NC=NCC(O)(c1ccccc1F)C(F)c1ccc(-c2ccc(OCC(F)(F)F)cc2)cn1. The zero-order chi connectivity index (χ0) is 25.5. The number of rotatable bonds is 9. The Morgan fingerprint density at radius 2 is 1.71 bits per heavy atom. The van der Waals surface area contributed by atoms with Crippen LogP contribution in [0.4, 0.5) is 22.0 Å². The van der Waals surface area contributed by atoms with Gasteiger partial charge in [0.25, 0.3) is 0 Å². The molecule has 3 aromatic rings. The second-order valence-corrected chi connectivity index (χ2v) is 7.42. The maximum Gasteiger partial charge on any atom is 0.422 e. The van der Waals surface area contributed by atoms with E-state index in [1.165, 1.54) is 60.8 Å². The lowest BCUT2D eigenvalue weighted by Crippen LogP contribution is -2.36. The normalized spacial score (nSPS) is 14.8. The van der Waals surface area contributed by atoms with Crippen LogP contribution >= 0.6 is 0 Å². The van der Waals surface area contributed by atoms with Crippen LogP contribution in [0.2, 0.25) is 0 Å². The van der Waals surface area contributed by atoms with Crippen LogP contribution in [0.3, 0.4) is 0 Å². The number of aliphatic imine (C=N–C) groups is 2. The van der Waals surface area contributed by atoms with Crippen molar-refractivity contribution in [2.24, 2.45) is 15.7 Å². The Hall–Kier alpha value is -3.86. The van der Waals surface area contributed by atoms with E-state index in [4.69, 9.17) is 5.73 Å². The molecule has 1 aromatic heterocycles. The molecule has 0 radical (unpaired) electrons. The van der Waals surface area contributed by atoms with E-state index >= 15 is 4.39 Å². The average Bonchev–Trinajstić information content (AvgIpc) is 2.85. The zero-order valence-corrected chi connectivity index (χ0v) is 18.2. The first-order valence-corrected chi connectivity index (χ1v) is 10.2. The lowest BCUT2D eigenvalue weighted by Gasteiger charge is -2.30. The lowest BCUT2D eigenvalue weighted by atomic mass is 9.86. The first-order chi connectivity index (χ1) is 16.6. The molecule has 3 N–H and O–H groups in total. The number of pyridine rings is 1. The van der Waals surface area contributed by atoms with Gasteiger partial charge in [-0.15, -0.1) is 0 Å². The smallest absolute Gasteiger partial charge is 0.422 e. The molecule has 0 spiro atoms. The van der Waals surface area contributed by atoms with Crippen molar-refractivity contribution in [3.05, 3.63) is 83.9 Å². The van der Waals surface area contributed by atoms with Crippen LogP contribution in [0, 0.1) is 5.82 Å². The number of benzene rings is 2. The van der Waals surface area contributed by atoms with Gasteiger partial charge in [0, 0.05) is 17.3 Å². The quantitative estimate of drug-likeness (QED) is 0.256. The van der Waals surface area contributed by atoms with Crippen molar-refractivity contribution in [1.29, 1.82) is 0 Å². The minimum atomic E-state index is -4.45. The van der Waals surface area contributed by atoms with Gasteiger partial charge in [-0.05, 0) is 29.8 Å². The number of nitrogens with two attached hydrogens (primary N) is 1. The highest BCUT2D eigenvalue weighted by molar-refractivity contribution is 5.69. The van der Waals surface area contributed by atoms with E-state index in [9.17, 15) is 22.7 Å². The maximum absolute atomic E-state index is 15.6. The van der Waals surface area contributed by atoms with Crippen LogP contribution in [0.25, 0.3) is 11.1 Å². The van der Waals surface area contributed by atoms with Crippen molar-refractivity contribution in [2.45, 2.75) is 17.9 Å². The van der Waals surface area contributed by atoms with Gasteiger partial charge in [0.15, 0.2) is 12.8 Å². The van der Waals surface area contributed by atoms with E-state index in [-0.39, 0.29) is 17.0 Å². The van der Waals surface area contributed by atoms with Crippen LogP contribution in [-0.2, 0) is 5.60 Å². The van der Waals surface area contributed by atoms with Gasteiger partial charge in [0.05, 0.1) is 18.6 Å². The fourth-order valence-corrected chi connectivity index (χ4v) is 3.26. The standard InChI is InChI=1S/C24H21F5N4O2/c25-20-4-2-1-3-19(20)23(34,12-31-15-32-14-30)22(26)21-10-7-17(11-33-21)16-5-8-18(9-6-16)35-13-24(27,28)29/h1-11,14-15,22,34H,12-13H2,(H2,30,31,32). The van der Waals surface area contributed by atoms with E-state index < -0.39 is 36.9 Å². The Morgan fingerprint density at radius 1 is 1.03 bits per heavy atom.